The number of nitrogens with one attached hydrogen (secondary N) is 1. The van der Waals surface area contributed by atoms with Gasteiger partial charge in [0.25, 0.3) is 5.91 Å². The van der Waals surface area contributed by atoms with Crippen LogP contribution < -0.4 is 15.0 Å². The molecule has 1 fully saturated rings. The number of ether oxygens (including phenoxy) is 1. The first-order chi connectivity index (χ1) is 15.1. The van der Waals surface area contributed by atoms with E-state index in [1.807, 2.05) is 36.4 Å². The first-order valence-electron chi connectivity index (χ1n) is 10.2. The SMILES string of the molecule is O=C(COc1ccc(Cl)cc1Cl)Nc1ccc(-c2ccc(N3CCCCC3)nn2)cc1. The van der Waals surface area contributed by atoms with Crippen LogP contribution >= 0.6 is 23.2 Å². The summed E-state index contributed by atoms with van der Waals surface area (Å²) in [6.07, 6.45) is 3.69. The van der Waals surface area contributed by atoms with Crippen molar-refractivity contribution in [2.45, 2.75) is 19.3 Å². The van der Waals surface area contributed by atoms with E-state index in [-0.39, 0.29) is 12.5 Å². The van der Waals surface area contributed by atoms with Crippen LogP contribution in [0.4, 0.5) is 11.5 Å². The Balaban J connectivity index is 1.32. The van der Waals surface area contributed by atoms with Gasteiger partial charge in [0.2, 0.25) is 0 Å². The molecule has 1 N–H and O–H groups in total. The van der Waals surface area contributed by atoms with Gasteiger partial charge < -0.3 is 15.0 Å². The molecule has 1 aliphatic rings. The van der Waals surface area contributed by atoms with Crippen molar-refractivity contribution in [1.29, 1.82) is 0 Å². The molecule has 0 bridgehead atoms. The van der Waals surface area contributed by atoms with Gasteiger partial charge in [-0.3, -0.25) is 4.79 Å². The number of benzene rings is 2. The maximum atomic E-state index is 12.2. The second-order valence-electron chi connectivity index (χ2n) is 7.31. The fourth-order valence-corrected chi connectivity index (χ4v) is 3.89. The fourth-order valence-electron chi connectivity index (χ4n) is 3.43. The molecular weight excluding hydrogens is 435 g/mol. The zero-order chi connectivity index (χ0) is 21.6. The van der Waals surface area contributed by atoms with E-state index in [1.165, 1.54) is 19.3 Å². The van der Waals surface area contributed by atoms with E-state index in [1.54, 1.807) is 18.2 Å². The topological polar surface area (TPSA) is 67.3 Å². The number of hydrogen-bond donors (Lipinski definition) is 1. The molecule has 1 aromatic heterocycles. The van der Waals surface area contributed by atoms with Crippen molar-refractivity contribution in [2.24, 2.45) is 0 Å². The van der Waals surface area contributed by atoms with Crippen LogP contribution in [-0.4, -0.2) is 35.8 Å². The summed E-state index contributed by atoms with van der Waals surface area (Å²) in [4.78, 5) is 14.5. The first kappa shape index (κ1) is 21.4. The molecule has 4 rings (SSSR count). The Morgan fingerprint density at radius 2 is 1.74 bits per heavy atom. The second kappa shape index (κ2) is 9.98. The van der Waals surface area contributed by atoms with Gasteiger partial charge in [-0.05, 0) is 61.7 Å². The van der Waals surface area contributed by atoms with E-state index in [0.717, 1.165) is 30.2 Å². The average molecular weight is 457 g/mol. The second-order valence-corrected chi connectivity index (χ2v) is 8.16. The maximum absolute atomic E-state index is 12.2. The molecule has 1 aliphatic heterocycles. The highest BCUT2D eigenvalue weighted by atomic mass is 35.5. The summed E-state index contributed by atoms with van der Waals surface area (Å²) in [5.74, 6) is 1.04. The lowest BCUT2D eigenvalue weighted by atomic mass is 10.1. The van der Waals surface area contributed by atoms with Crippen molar-refractivity contribution >= 4 is 40.6 Å². The number of rotatable bonds is 6. The summed E-state index contributed by atoms with van der Waals surface area (Å²) < 4.78 is 5.46. The summed E-state index contributed by atoms with van der Waals surface area (Å²) >= 11 is 11.9. The predicted molar refractivity (Wildman–Crippen MR) is 124 cm³/mol. The number of nitrogens with zero attached hydrogens (tertiary/aromatic N) is 3. The summed E-state index contributed by atoms with van der Waals surface area (Å²) in [6, 6.07) is 16.3. The maximum Gasteiger partial charge on any atom is 0.262 e. The van der Waals surface area contributed by atoms with Crippen molar-refractivity contribution in [2.75, 3.05) is 29.9 Å². The Kier molecular flexibility index (Phi) is 6.89. The summed E-state index contributed by atoms with van der Waals surface area (Å²) in [5.41, 5.74) is 2.39. The van der Waals surface area contributed by atoms with Gasteiger partial charge in [0.15, 0.2) is 12.4 Å². The highest BCUT2D eigenvalue weighted by Crippen LogP contribution is 2.27. The molecule has 160 valence electrons. The quantitative estimate of drug-likeness (QED) is 0.533. The monoisotopic (exact) mass is 456 g/mol. The minimum absolute atomic E-state index is 0.160. The number of amides is 1. The van der Waals surface area contributed by atoms with Crippen LogP contribution in [-0.2, 0) is 4.79 Å². The highest BCUT2D eigenvalue weighted by Gasteiger charge is 2.13. The minimum Gasteiger partial charge on any atom is -0.482 e. The number of anilines is 2. The van der Waals surface area contributed by atoms with Crippen LogP contribution in [0.15, 0.2) is 54.6 Å². The molecule has 2 heterocycles. The lowest BCUT2D eigenvalue weighted by Crippen LogP contribution is -2.30. The fraction of sp³-hybridized carbons (Fsp3) is 0.261. The van der Waals surface area contributed by atoms with Crippen LogP contribution in [0.2, 0.25) is 10.0 Å². The van der Waals surface area contributed by atoms with Crippen LogP contribution in [0.5, 0.6) is 5.75 Å². The minimum atomic E-state index is -0.288. The van der Waals surface area contributed by atoms with Gasteiger partial charge in [-0.2, -0.15) is 0 Å². The Morgan fingerprint density at radius 3 is 2.42 bits per heavy atom. The van der Waals surface area contributed by atoms with Gasteiger partial charge >= 0.3 is 0 Å². The largest absolute Gasteiger partial charge is 0.482 e. The Morgan fingerprint density at radius 1 is 0.968 bits per heavy atom. The number of hydrogen-bond acceptors (Lipinski definition) is 5. The molecule has 0 spiro atoms. The number of halogens is 2. The molecule has 0 unspecified atom stereocenters. The average Bonchev–Trinajstić information content (AvgIpc) is 2.80. The first-order valence-corrected chi connectivity index (χ1v) is 10.9. The van der Waals surface area contributed by atoms with Gasteiger partial charge in [0.1, 0.15) is 5.75 Å². The van der Waals surface area contributed by atoms with E-state index >= 15 is 0 Å². The third-order valence-electron chi connectivity index (χ3n) is 5.05. The van der Waals surface area contributed by atoms with E-state index in [9.17, 15) is 4.79 Å². The molecule has 31 heavy (non-hydrogen) atoms. The number of piperidine rings is 1. The third-order valence-corrected chi connectivity index (χ3v) is 5.58. The molecule has 0 aliphatic carbocycles. The van der Waals surface area contributed by atoms with Gasteiger partial charge in [-0.15, -0.1) is 10.2 Å². The molecule has 0 atom stereocenters. The van der Waals surface area contributed by atoms with Crippen molar-refractivity contribution in [3.05, 3.63) is 64.6 Å². The van der Waals surface area contributed by atoms with Crippen molar-refractivity contribution in [3.8, 4) is 17.0 Å². The number of aromatic nitrogens is 2. The highest BCUT2D eigenvalue weighted by molar-refractivity contribution is 6.35. The van der Waals surface area contributed by atoms with E-state index < -0.39 is 0 Å². The molecule has 0 saturated carbocycles. The lowest BCUT2D eigenvalue weighted by Gasteiger charge is -2.27. The van der Waals surface area contributed by atoms with Crippen molar-refractivity contribution in [3.63, 3.8) is 0 Å². The Hall–Kier alpha value is -2.83. The van der Waals surface area contributed by atoms with E-state index in [2.05, 4.69) is 20.4 Å². The van der Waals surface area contributed by atoms with E-state index in [4.69, 9.17) is 27.9 Å². The van der Waals surface area contributed by atoms with E-state index in [0.29, 0.717) is 21.5 Å². The van der Waals surface area contributed by atoms with Crippen LogP contribution in [0.1, 0.15) is 19.3 Å². The normalized spacial score (nSPS) is 13.7. The molecule has 3 aromatic rings. The molecule has 1 saturated heterocycles. The zero-order valence-corrected chi connectivity index (χ0v) is 18.4. The van der Waals surface area contributed by atoms with Gasteiger partial charge in [0, 0.05) is 29.4 Å². The predicted octanol–water partition coefficient (Wildman–Crippen LogP) is 5.46. The van der Waals surface area contributed by atoms with Gasteiger partial charge in [-0.1, -0.05) is 35.3 Å². The Bertz CT molecular complexity index is 1040. The van der Waals surface area contributed by atoms with Crippen LogP contribution in [0.3, 0.4) is 0 Å². The third kappa shape index (κ3) is 5.66. The standard InChI is InChI=1S/C23H22Cl2N4O2/c24-17-6-10-21(19(25)14-17)31-15-23(30)26-18-7-4-16(5-8-18)20-9-11-22(28-27-20)29-12-2-1-3-13-29/h4-11,14H,1-3,12-13,15H2,(H,26,30). The smallest absolute Gasteiger partial charge is 0.262 e. The van der Waals surface area contributed by atoms with Crippen molar-refractivity contribution in [1.82, 2.24) is 10.2 Å². The number of carbonyl (C=O) groups excluding carboxylic acids is 1. The summed E-state index contributed by atoms with van der Waals surface area (Å²) in [7, 11) is 0. The summed E-state index contributed by atoms with van der Waals surface area (Å²) in [6.45, 7) is 1.92. The molecule has 6 nitrogen and oxygen atoms in total. The zero-order valence-electron chi connectivity index (χ0n) is 16.9. The molecule has 1 amide bonds. The van der Waals surface area contributed by atoms with Crippen molar-refractivity contribution < 1.29 is 9.53 Å². The van der Waals surface area contributed by atoms with Gasteiger partial charge in [-0.25, -0.2) is 0 Å². The lowest BCUT2D eigenvalue weighted by molar-refractivity contribution is -0.118. The number of carbonyl (C=O) groups is 1. The van der Waals surface area contributed by atoms with Crippen LogP contribution in [0, 0.1) is 0 Å². The molecule has 8 heteroatoms. The molecule has 0 radical (unpaired) electrons. The summed E-state index contributed by atoms with van der Waals surface area (Å²) in [5, 5.41) is 12.4. The molecular formula is C23H22Cl2N4O2. The van der Waals surface area contributed by atoms with Gasteiger partial charge in [0.05, 0.1) is 10.7 Å². The Labute approximate surface area is 191 Å². The molecule has 2 aromatic carbocycles. The van der Waals surface area contributed by atoms with Crippen LogP contribution in [0.25, 0.3) is 11.3 Å².